The summed E-state index contributed by atoms with van der Waals surface area (Å²) in [5.41, 5.74) is 5.49. The third-order valence-corrected chi connectivity index (χ3v) is 4.76. The van der Waals surface area contributed by atoms with Crippen LogP contribution in [0.5, 0.6) is 0 Å². The minimum atomic E-state index is 0. The zero-order valence-corrected chi connectivity index (χ0v) is 21.4. The monoisotopic (exact) mass is 494 g/mol. The molecule has 2 aliphatic rings. The summed E-state index contributed by atoms with van der Waals surface area (Å²) in [6.07, 6.45) is 1.38. The zero-order valence-electron chi connectivity index (χ0n) is 19.8. The molecule has 0 atom stereocenters. The van der Waals surface area contributed by atoms with Gasteiger partial charge in [0.25, 0.3) is 0 Å². The Labute approximate surface area is 210 Å². The topological polar surface area (TPSA) is 134 Å². The first-order valence-electron chi connectivity index (χ1n) is 10.6. The van der Waals surface area contributed by atoms with Crippen molar-refractivity contribution in [3.05, 3.63) is 93.4 Å². The molecular weight excluding hydrogens is 456 g/mol. The van der Waals surface area contributed by atoms with Gasteiger partial charge < -0.3 is 20.4 Å². The number of hydrogen-bond donors (Lipinski definition) is 0. The maximum absolute atomic E-state index is 9.75. The number of fused-ring (bicyclic) bond motifs is 2. The molecule has 0 heterocycles. The van der Waals surface area contributed by atoms with Crippen molar-refractivity contribution in [3.8, 4) is 0 Å². The Kier molecular flexibility index (Phi) is 14.2. The minimum absolute atomic E-state index is 0. The third-order valence-electron chi connectivity index (χ3n) is 4.76. The number of allylic oxidation sites excluding steroid dienone is 4. The van der Waals surface area contributed by atoms with Crippen LogP contribution in [0.4, 0.5) is 0 Å². The molecule has 0 fully saturated rings. The van der Waals surface area contributed by atoms with Gasteiger partial charge in [0.2, 0.25) is 11.5 Å². The van der Waals surface area contributed by atoms with Crippen molar-refractivity contribution in [2.45, 2.75) is 40.5 Å². The standard InChI is InChI=1S/2C11H10O2.2C2H6O.Ti/c2*1-7(12)10-6-8-4-2-3-5-9(8)11(10)13;2*1-2-3;/h2*2-5,12H,6H2,1H3;2*3H,2H2,1H3;/p+6. The van der Waals surface area contributed by atoms with Gasteiger partial charge in [-0.05, 0) is 23.3 Å². The fourth-order valence-corrected chi connectivity index (χ4v) is 3.30. The molecule has 4 rings (SSSR count). The van der Waals surface area contributed by atoms with Crippen LogP contribution in [0.3, 0.4) is 0 Å². The average Bonchev–Trinajstić information content (AvgIpc) is 3.28. The van der Waals surface area contributed by atoms with Gasteiger partial charge in [0.1, 0.15) is 13.2 Å². The smallest absolute Gasteiger partial charge is 0.359 e. The summed E-state index contributed by atoms with van der Waals surface area (Å²) in [6.45, 7) is 7.99. The molecule has 2 aliphatic carbocycles. The van der Waals surface area contributed by atoms with E-state index in [9.17, 15) is 9.59 Å². The van der Waals surface area contributed by atoms with Crippen LogP contribution in [0, 0.1) is 0 Å². The second kappa shape index (κ2) is 15.4. The molecule has 2 aromatic rings. The summed E-state index contributed by atoms with van der Waals surface area (Å²) < 4.78 is 0. The van der Waals surface area contributed by atoms with Crippen LogP contribution < -0.4 is 0 Å². The van der Waals surface area contributed by atoms with Gasteiger partial charge in [-0.25, -0.2) is 0 Å². The average molecular weight is 494 g/mol. The summed E-state index contributed by atoms with van der Waals surface area (Å²) in [5, 5.41) is 27.4. The van der Waals surface area contributed by atoms with E-state index in [4.69, 9.17) is 20.4 Å². The van der Waals surface area contributed by atoms with Crippen LogP contribution in [0.15, 0.2) is 71.2 Å². The van der Waals surface area contributed by atoms with Gasteiger partial charge in [-0.1, -0.05) is 36.4 Å². The largest absolute Gasteiger partial charge is 0.596 e. The van der Waals surface area contributed by atoms with E-state index in [0.29, 0.717) is 37.6 Å². The maximum Gasteiger partial charge on any atom is 0.359 e. The maximum atomic E-state index is 9.75. The van der Waals surface area contributed by atoms with Crippen molar-refractivity contribution < 1.29 is 51.7 Å². The summed E-state index contributed by atoms with van der Waals surface area (Å²) in [5.74, 6) is 1.47. The summed E-state index contributed by atoms with van der Waals surface area (Å²) in [4.78, 5) is 19.5. The number of ketones is 2. The third kappa shape index (κ3) is 8.41. The molecule has 0 aromatic heterocycles. The van der Waals surface area contributed by atoms with Crippen LogP contribution in [0.1, 0.15) is 49.9 Å². The minimum Gasteiger partial charge on any atom is -0.596 e. The quantitative estimate of drug-likeness (QED) is 0.228. The first-order chi connectivity index (χ1) is 15.2. The van der Waals surface area contributed by atoms with Crippen molar-refractivity contribution in [3.63, 3.8) is 0 Å². The van der Waals surface area contributed by atoms with Gasteiger partial charge in [0, 0.05) is 62.3 Å². The fourth-order valence-electron chi connectivity index (χ4n) is 3.30. The predicted octanol–water partition coefficient (Wildman–Crippen LogP) is 1.73. The van der Waals surface area contributed by atoms with Crippen LogP contribution in [-0.4, -0.2) is 54.8 Å². The van der Waals surface area contributed by atoms with Crippen molar-refractivity contribution in [2.24, 2.45) is 0 Å². The molecule has 7 heteroatoms. The SMILES string of the molecule is CC([OH2+])=C1Cc2ccccc2C1=[OH+].CC([OH2+])=C1Cc2ccccc2C1=[OH+].CC[OH2+].CC[OH2+].[Ti]. The molecule has 0 unspecified atom stereocenters. The van der Waals surface area contributed by atoms with Gasteiger partial charge in [0.05, 0.1) is 11.1 Å². The van der Waals surface area contributed by atoms with E-state index >= 15 is 0 Å². The van der Waals surface area contributed by atoms with E-state index in [0.717, 1.165) is 33.4 Å². The fraction of sp³-hybridized carbons (Fsp3) is 0.308. The molecule has 6 nitrogen and oxygen atoms in total. The Balaban J connectivity index is 0.000000491. The summed E-state index contributed by atoms with van der Waals surface area (Å²) in [6, 6.07) is 15.5. The number of carbonyl (C=O) groups excluding carboxylic acids is 2. The second-order valence-electron chi connectivity index (χ2n) is 7.28. The predicted molar refractivity (Wildman–Crippen MR) is 133 cm³/mol. The van der Waals surface area contributed by atoms with E-state index in [1.54, 1.807) is 27.7 Å². The molecule has 2 aromatic carbocycles. The van der Waals surface area contributed by atoms with Crippen LogP contribution >= 0.6 is 0 Å². The molecule has 33 heavy (non-hydrogen) atoms. The number of rotatable bonds is 0. The number of benzene rings is 2. The van der Waals surface area contributed by atoms with E-state index in [1.165, 1.54) is 0 Å². The van der Waals surface area contributed by atoms with Crippen molar-refractivity contribution in [1.82, 2.24) is 0 Å². The first kappa shape index (κ1) is 30.5. The van der Waals surface area contributed by atoms with Gasteiger partial charge in [0.15, 0.2) is 11.1 Å². The Bertz CT molecular complexity index is 918. The van der Waals surface area contributed by atoms with Gasteiger partial charge in [-0.3, -0.25) is 9.59 Å². The molecule has 0 spiro atoms. The van der Waals surface area contributed by atoms with Crippen molar-refractivity contribution in [2.75, 3.05) is 13.2 Å². The van der Waals surface area contributed by atoms with Crippen molar-refractivity contribution in [1.29, 1.82) is 0 Å². The normalized spacial score (nSPS) is 15.8. The van der Waals surface area contributed by atoms with Gasteiger partial charge >= 0.3 is 11.6 Å². The Morgan fingerprint density at radius 2 is 0.970 bits per heavy atom. The first-order valence-corrected chi connectivity index (χ1v) is 10.6. The molecule has 176 valence electrons. The Morgan fingerprint density at radius 1 is 0.697 bits per heavy atom. The molecule has 0 radical (unpaired) electrons. The Morgan fingerprint density at radius 3 is 1.21 bits per heavy atom. The molecule has 0 bridgehead atoms. The van der Waals surface area contributed by atoms with Gasteiger partial charge in [-0.15, -0.1) is 0 Å². The summed E-state index contributed by atoms with van der Waals surface area (Å²) in [7, 11) is 0. The molecule has 10 N–H and O–H groups in total. The van der Waals surface area contributed by atoms with E-state index in [-0.39, 0.29) is 33.3 Å². The van der Waals surface area contributed by atoms with Crippen LogP contribution in [0.25, 0.3) is 0 Å². The van der Waals surface area contributed by atoms with Gasteiger partial charge in [-0.2, -0.15) is 0 Å². The van der Waals surface area contributed by atoms with Crippen LogP contribution in [0.2, 0.25) is 0 Å². The van der Waals surface area contributed by atoms with E-state index in [2.05, 4.69) is 0 Å². The molecule has 0 saturated heterocycles. The second-order valence-corrected chi connectivity index (χ2v) is 7.28. The van der Waals surface area contributed by atoms with E-state index < -0.39 is 0 Å². The van der Waals surface area contributed by atoms with E-state index in [1.807, 2.05) is 48.5 Å². The molecule has 0 amide bonds. The zero-order chi connectivity index (χ0) is 24.3. The molecule has 0 saturated carbocycles. The molecule has 0 aliphatic heterocycles. The molecular formula is C26H38O6Ti+6. The summed E-state index contributed by atoms with van der Waals surface area (Å²) >= 11 is 0. The number of hydrogen-bond acceptors (Lipinski definition) is 0. The Hall–Kier alpha value is -2.51. The van der Waals surface area contributed by atoms with Crippen LogP contribution in [-0.2, 0) is 34.6 Å². The van der Waals surface area contributed by atoms with Crippen molar-refractivity contribution >= 4 is 11.6 Å².